The van der Waals surface area contributed by atoms with Gasteiger partial charge in [-0.15, -0.1) is 0 Å². The van der Waals surface area contributed by atoms with Gasteiger partial charge >= 0.3 is 6.03 Å². The zero-order chi connectivity index (χ0) is 13.1. The quantitative estimate of drug-likeness (QED) is 0.830. The standard InChI is InChI=1S/C14H18N2O2/c1-10(17)12-5-3-4-6-13(12)15-14(18)16(2)9-11-7-8-11/h3-6,11H,7-9H2,1-2H3,(H,15,18). The van der Waals surface area contributed by atoms with E-state index in [0.717, 1.165) is 6.54 Å². The molecule has 1 aromatic carbocycles. The number of urea groups is 1. The summed E-state index contributed by atoms with van der Waals surface area (Å²) in [6.07, 6.45) is 2.42. The number of nitrogens with one attached hydrogen (secondary N) is 1. The summed E-state index contributed by atoms with van der Waals surface area (Å²) < 4.78 is 0. The van der Waals surface area contributed by atoms with Crippen molar-refractivity contribution < 1.29 is 9.59 Å². The highest BCUT2D eigenvalue weighted by atomic mass is 16.2. The maximum atomic E-state index is 12.0. The first-order valence-electron chi connectivity index (χ1n) is 6.20. The molecule has 4 nitrogen and oxygen atoms in total. The number of amides is 2. The lowest BCUT2D eigenvalue weighted by molar-refractivity contribution is 0.101. The molecule has 1 aliphatic carbocycles. The Morgan fingerprint density at radius 3 is 2.61 bits per heavy atom. The third kappa shape index (κ3) is 3.09. The van der Waals surface area contributed by atoms with Crippen LogP contribution >= 0.6 is 0 Å². The first kappa shape index (κ1) is 12.6. The fourth-order valence-electron chi connectivity index (χ4n) is 1.88. The molecule has 0 aliphatic heterocycles. The Balaban J connectivity index is 2.03. The molecule has 0 bridgehead atoms. The van der Waals surface area contributed by atoms with Crippen LogP contribution in [0.15, 0.2) is 24.3 Å². The second-order valence-electron chi connectivity index (χ2n) is 4.86. The van der Waals surface area contributed by atoms with Gasteiger partial charge < -0.3 is 10.2 Å². The fourth-order valence-corrected chi connectivity index (χ4v) is 1.88. The van der Waals surface area contributed by atoms with E-state index in [2.05, 4.69) is 5.32 Å². The first-order chi connectivity index (χ1) is 8.58. The van der Waals surface area contributed by atoms with E-state index >= 15 is 0 Å². The zero-order valence-corrected chi connectivity index (χ0v) is 10.8. The summed E-state index contributed by atoms with van der Waals surface area (Å²) in [7, 11) is 1.78. The van der Waals surface area contributed by atoms with Crippen molar-refractivity contribution in [1.29, 1.82) is 0 Å². The molecule has 1 saturated carbocycles. The number of carbonyl (C=O) groups excluding carboxylic acids is 2. The Kier molecular flexibility index (Phi) is 3.65. The molecular formula is C14H18N2O2. The topological polar surface area (TPSA) is 49.4 Å². The largest absolute Gasteiger partial charge is 0.327 e. The maximum Gasteiger partial charge on any atom is 0.321 e. The van der Waals surface area contributed by atoms with Gasteiger partial charge in [0.25, 0.3) is 0 Å². The van der Waals surface area contributed by atoms with Crippen molar-refractivity contribution in [1.82, 2.24) is 4.90 Å². The molecule has 4 heteroatoms. The number of anilines is 1. The summed E-state index contributed by atoms with van der Waals surface area (Å²) in [5, 5.41) is 2.79. The number of rotatable bonds is 4. The van der Waals surface area contributed by atoms with Gasteiger partial charge in [0.2, 0.25) is 0 Å². The highest BCUT2D eigenvalue weighted by molar-refractivity contribution is 6.03. The Labute approximate surface area is 107 Å². The third-order valence-electron chi connectivity index (χ3n) is 3.12. The van der Waals surface area contributed by atoms with Crippen LogP contribution in [0.5, 0.6) is 0 Å². The normalized spacial score (nSPS) is 14.1. The minimum absolute atomic E-state index is 0.0456. The number of carbonyl (C=O) groups is 2. The van der Waals surface area contributed by atoms with Crippen molar-refractivity contribution in [3.05, 3.63) is 29.8 Å². The van der Waals surface area contributed by atoms with Gasteiger partial charge in [0.05, 0.1) is 5.69 Å². The molecule has 1 N–H and O–H groups in total. The summed E-state index contributed by atoms with van der Waals surface area (Å²) in [5.74, 6) is 0.611. The van der Waals surface area contributed by atoms with Crippen molar-refractivity contribution in [2.45, 2.75) is 19.8 Å². The van der Waals surface area contributed by atoms with E-state index in [0.29, 0.717) is 17.2 Å². The van der Waals surface area contributed by atoms with Crippen LogP contribution in [0.25, 0.3) is 0 Å². The zero-order valence-electron chi connectivity index (χ0n) is 10.8. The molecule has 0 saturated heterocycles. The maximum absolute atomic E-state index is 12.0. The number of hydrogen-bond donors (Lipinski definition) is 1. The lowest BCUT2D eigenvalue weighted by Crippen LogP contribution is -2.33. The van der Waals surface area contributed by atoms with E-state index in [1.54, 1.807) is 30.1 Å². The van der Waals surface area contributed by atoms with Gasteiger partial charge in [-0.1, -0.05) is 12.1 Å². The SMILES string of the molecule is CC(=O)c1ccccc1NC(=O)N(C)CC1CC1. The Morgan fingerprint density at radius 1 is 1.33 bits per heavy atom. The molecule has 0 radical (unpaired) electrons. The number of benzene rings is 1. The summed E-state index contributed by atoms with van der Waals surface area (Å²) in [6, 6.07) is 6.91. The number of para-hydroxylation sites is 1. The first-order valence-corrected chi connectivity index (χ1v) is 6.20. The van der Waals surface area contributed by atoms with Gasteiger partial charge in [-0.25, -0.2) is 4.79 Å². The van der Waals surface area contributed by atoms with Crippen LogP contribution in [0, 0.1) is 5.92 Å². The van der Waals surface area contributed by atoms with E-state index < -0.39 is 0 Å². The average molecular weight is 246 g/mol. The number of Topliss-reactive ketones (excluding diaryl/α,β-unsaturated/α-hetero) is 1. The summed E-state index contributed by atoms with van der Waals surface area (Å²) >= 11 is 0. The lowest BCUT2D eigenvalue weighted by Gasteiger charge is -2.18. The number of nitrogens with zero attached hydrogens (tertiary/aromatic N) is 1. The monoisotopic (exact) mass is 246 g/mol. The molecule has 1 fully saturated rings. The fraction of sp³-hybridized carbons (Fsp3) is 0.429. The summed E-state index contributed by atoms with van der Waals surface area (Å²) in [4.78, 5) is 25.1. The molecule has 0 unspecified atom stereocenters. The predicted octanol–water partition coefficient (Wildman–Crippen LogP) is 2.76. The van der Waals surface area contributed by atoms with Crippen LogP contribution in [0.1, 0.15) is 30.1 Å². The second-order valence-corrected chi connectivity index (χ2v) is 4.86. The predicted molar refractivity (Wildman–Crippen MR) is 70.8 cm³/mol. The molecule has 0 spiro atoms. The minimum Gasteiger partial charge on any atom is -0.327 e. The smallest absolute Gasteiger partial charge is 0.321 e. The molecule has 0 heterocycles. The summed E-state index contributed by atoms with van der Waals surface area (Å²) in [5.41, 5.74) is 1.13. The molecule has 2 rings (SSSR count). The average Bonchev–Trinajstić information content (AvgIpc) is 3.13. The van der Waals surface area contributed by atoms with Crippen molar-refractivity contribution >= 4 is 17.5 Å². The van der Waals surface area contributed by atoms with Crippen molar-refractivity contribution in [3.63, 3.8) is 0 Å². The van der Waals surface area contributed by atoms with Crippen LogP contribution in [0.4, 0.5) is 10.5 Å². The molecule has 96 valence electrons. The molecular weight excluding hydrogens is 228 g/mol. The van der Waals surface area contributed by atoms with E-state index in [1.165, 1.54) is 19.8 Å². The van der Waals surface area contributed by atoms with E-state index in [1.807, 2.05) is 6.07 Å². The van der Waals surface area contributed by atoms with E-state index in [4.69, 9.17) is 0 Å². The lowest BCUT2D eigenvalue weighted by atomic mass is 10.1. The van der Waals surface area contributed by atoms with Gasteiger partial charge in [0, 0.05) is 19.2 Å². The Bertz CT molecular complexity index is 467. The van der Waals surface area contributed by atoms with Gasteiger partial charge in [-0.05, 0) is 37.8 Å². The van der Waals surface area contributed by atoms with E-state index in [-0.39, 0.29) is 11.8 Å². The van der Waals surface area contributed by atoms with Gasteiger partial charge in [0.1, 0.15) is 0 Å². The number of ketones is 1. The highest BCUT2D eigenvalue weighted by Gasteiger charge is 2.25. The van der Waals surface area contributed by atoms with Crippen LogP contribution in [0.2, 0.25) is 0 Å². The van der Waals surface area contributed by atoms with Crippen molar-refractivity contribution in [3.8, 4) is 0 Å². The van der Waals surface area contributed by atoms with Gasteiger partial charge in [-0.3, -0.25) is 4.79 Å². The molecule has 0 aromatic heterocycles. The highest BCUT2D eigenvalue weighted by Crippen LogP contribution is 2.29. The molecule has 0 atom stereocenters. The van der Waals surface area contributed by atoms with Crippen LogP contribution in [-0.4, -0.2) is 30.3 Å². The third-order valence-corrected chi connectivity index (χ3v) is 3.12. The van der Waals surface area contributed by atoms with Crippen LogP contribution in [0.3, 0.4) is 0 Å². The van der Waals surface area contributed by atoms with Gasteiger partial charge in [-0.2, -0.15) is 0 Å². The minimum atomic E-state index is -0.157. The Hall–Kier alpha value is -1.84. The van der Waals surface area contributed by atoms with E-state index in [9.17, 15) is 9.59 Å². The molecule has 1 aromatic rings. The molecule has 1 aliphatic rings. The number of hydrogen-bond acceptors (Lipinski definition) is 2. The molecule has 2 amide bonds. The summed E-state index contributed by atoms with van der Waals surface area (Å²) in [6.45, 7) is 2.28. The van der Waals surface area contributed by atoms with Crippen molar-refractivity contribution in [2.75, 3.05) is 18.9 Å². The van der Waals surface area contributed by atoms with Gasteiger partial charge in [0.15, 0.2) is 5.78 Å². The van der Waals surface area contributed by atoms with Crippen LogP contribution < -0.4 is 5.32 Å². The van der Waals surface area contributed by atoms with Crippen molar-refractivity contribution in [2.24, 2.45) is 5.92 Å². The van der Waals surface area contributed by atoms with Crippen LogP contribution in [-0.2, 0) is 0 Å². The molecule has 18 heavy (non-hydrogen) atoms. The Morgan fingerprint density at radius 2 is 2.00 bits per heavy atom. The second kappa shape index (κ2) is 5.21.